The average Bonchev–Trinajstić information content (AvgIpc) is 2.88. The molecular weight excluding hydrogens is 234 g/mol. The number of aldehydes is 1. The number of carbonyl (C=O) groups excluding carboxylic acids is 1. The lowest BCUT2D eigenvalue weighted by atomic mass is 9.87. The van der Waals surface area contributed by atoms with Gasteiger partial charge in [-0.15, -0.1) is 0 Å². The first-order valence-electron chi connectivity index (χ1n) is 7.40. The van der Waals surface area contributed by atoms with Crippen molar-refractivity contribution >= 4 is 6.29 Å². The van der Waals surface area contributed by atoms with Crippen molar-refractivity contribution in [1.82, 2.24) is 4.90 Å². The minimum absolute atomic E-state index is 0.166. The summed E-state index contributed by atoms with van der Waals surface area (Å²) >= 11 is 0. The summed E-state index contributed by atoms with van der Waals surface area (Å²) in [5.74, 6) is 0.638. The van der Waals surface area contributed by atoms with E-state index in [9.17, 15) is 4.79 Å². The van der Waals surface area contributed by atoms with Gasteiger partial charge < -0.3 is 9.69 Å². The number of hydrogen-bond acceptors (Lipinski definition) is 2. The van der Waals surface area contributed by atoms with Crippen molar-refractivity contribution in [3.05, 3.63) is 35.9 Å². The van der Waals surface area contributed by atoms with Gasteiger partial charge in [0.15, 0.2) is 0 Å². The van der Waals surface area contributed by atoms with E-state index in [4.69, 9.17) is 0 Å². The van der Waals surface area contributed by atoms with Gasteiger partial charge in [0.2, 0.25) is 0 Å². The van der Waals surface area contributed by atoms with Crippen LogP contribution in [0, 0.1) is 5.41 Å². The maximum atomic E-state index is 11.3. The number of benzene rings is 1. The maximum Gasteiger partial charge on any atom is 0.127 e. The fourth-order valence-corrected chi connectivity index (χ4v) is 3.23. The van der Waals surface area contributed by atoms with Gasteiger partial charge in [-0.2, -0.15) is 0 Å². The molecule has 0 aromatic heterocycles. The smallest absolute Gasteiger partial charge is 0.127 e. The largest absolute Gasteiger partial charge is 0.303 e. The summed E-state index contributed by atoms with van der Waals surface area (Å²) in [6.45, 7) is 7.37. The molecule has 0 spiro atoms. The Hall–Kier alpha value is -1.15. The molecule has 19 heavy (non-hydrogen) atoms. The van der Waals surface area contributed by atoms with Crippen molar-refractivity contribution in [2.24, 2.45) is 5.41 Å². The average molecular weight is 259 g/mol. The molecule has 0 bridgehead atoms. The van der Waals surface area contributed by atoms with E-state index in [-0.39, 0.29) is 5.41 Å². The van der Waals surface area contributed by atoms with Gasteiger partial charge in [0.1, 0.15) is 6.29 Å². The van der Waals surface area contributed by atoms with Crippen LogP contribution in [0.1, 0.15) is 44.6 Å². The van der Waals surface area contributed by atoms with Gasteiger partial charge >= 0.3 is 0 Å². The van der Waals surface area contributed by atoms with Crippen molar-refractivity contribution in [1.29, 1.82) is 0 Å². The Morgan fingerprint density at radius 3 is 2.74 bits per heavy atom. The van der Waals surface area contributed by atoms with Gasteiger partial charge in [-0.25, -0.2) is 0 Å². The summed E-state index contributed by atoms with van der Waals surface area (Å²) in [5, 5.41) is 0. The van der Waals surface area contributed by atoms with E-state index in [0.717, 1.165) is 38.8 Å². The van der Waals surface area contributed by atoms with E-state index in [0.29, 0.717) is 5.92 Å². The minimum atomic E-state index is -0.166. The Morgan fingerprint density at radius 2 is 2.11 bits per heavy atom. The second-order valence-electron chi connectivity index (χ2n) is 6.15. The molecule has 2 atom stereocenters. The lowest BCUT2D eigenvalue weighted by Gasteiger charge is -2.28. The Morgan fingerprint density at radius 1 is 1.37 bits per heavy atom. The van der Waals surface area contributed by atoms with Crippen LogP contribution < -0.4 is 0 Å². The summed E-state index contributed by atoms with van der Waals surface area (Å²) in [6, 6.07) is 10.7. The molecule has 0 aliphatic carbocycles. The Bertz CT molecular complexity index is 403. The summed E-state index contributed by atoms with van der Waals surface area (Å²) in [5.41, 5.74) is 1.27. The van der Waals surface area contributed by atoms with E-state index in [2.05, 4.69) is 49.1 Å². The molecule has 0 amide bonds. The molecule has 1 aliphatic heterocycles. The van der Waals surface area contributed by atoms with Gasteiger partial charge in [-0.1, -0.05) is 50.6 Å². The first kappa shape index (κ1) is 14.3. The number of carbonyl (C=O) groups is 1. The number of nitrogens with zero attached hydrogens (tertiary/aromatic N) is 1. The maximum absolute atomic E-state index is 11.3. The first-order valence-corrected chi connectivity index (χ1v) is 7.40. The zero-order valence-electron chi connectivity index (χ0n) is 12.1. The van der Waals surface area contributed by atoms with Crippen LogP contribution in [-0.4, -0.2) is 30.8 Å². The highest BCUT2D eigenvalue weighted by Gasteiger charge is 2.30. The molecule has 104 valence electrons. The van der Waals surface area contributed by atoms with Crippen LogP contribution in [-0.2, 0) is 4.79 Å². The number of likely N-dealkylation sites (tertiary alicyclic amines) is 1. The molecule has 2 nitrogen and oxygen atoms in total. The van der Waals surface area contributed by atoms with Gasteiger partial charge in [0, 0.05) is 18.5 Å². The molecule has 2 rings (SSSR count). The van der Waals surface area contributed by atoms with Crippen LogP contribution in [0.4, 0.5) is 0 Å². The van der Waals surface area contributed by atoms with Gasteiger partial charge in [0.05, 0.1) is 0 Å². The van der Waals surface area contributed by atoms with Gasteiger partial charge in [-0.3, -0.25) is 0 Å². The SMILES string of the molecule is CCCC(C)(C=O)CN1CCC(c2ccccc2)C1. The number of rotatable bonds is 6. The van der Waals surface area contributed by atoms with E-state index in [1.807, 2.05) is 0 Å². The number of hydrogen-bond donors (Lipinski definition) is 0. The van der Waals surface area contributed by atoms with Crippen molar-refractivity contribution in [3.63, 3.8) is 0 Å². The van der Waals surface area contributed by atoms with Crippen molar-refractivity contribution in [2.45, 2.75) is 39.0 Å². The lowest BCUT2D eigenvalue weighted by molar-refractivity contribution is -0.116. The Balaban J connectivity index is 1.93. The third-order valence-electron chi connectivity index (χ3n) is 4.23. The first-order chi connectivity index (χ1) is 9.17. The van der Waals surface area contributed by atoms with Crippen LogP contribution in [0.25, 0.3) is 0 Å². The van der Waals surface area contributed by atoms with Crippen molar-refractivity contribution in [3.8, 4) is 0 Å². The normalized spacial score (nSPS) is 23.2. The molecule has 1 aromatic carbocycles. The Labute approximate surface area is 116 Å². The molecule has 2 unspecified atom stereocenters. The predicted molar refractivity (Wildman–Crippen MR) is 79.3 cm³/mol. The third kappa shape index (κ3) is 3.66. The monoisotopic (exact) mass is 259 g/mol. The van der Waals surface area contributed by atoms with Crippen LogP contribution in [0.5, 0.6) is 0 Å². The summed E-state index contributed by atoms with van der Waals surface area (Å²) in [4.78, 5) is 13.8. The second kappa shape index (κ2) is 6.33. The quantitative estimate of drug-likeness (QED) is 0.729. The van der Waals surface area contributed by atoms with Crippen LogP contribution in [0.15, 0.2) is 30.3 Å². The molecule has 1 fully saturated rings. The molecule has 1 saturated heterocycles. The molecule has 0 radical (unpaired) electrons. The van der Waals surface area contributed by atoms with Crippen molar-refractivity contribution < 1.29 is 4.79 Å². The van der Waals surface area contributed by atoms with Gasteiger partial charge in [0.25, 0.3) is 0 Å². The molecule has 1 aromatic rings. The molecule has 1 aliphatic rings. The van der Waals surface area contributed by atoms with E-state index in [1.54, 1.807) is 0 Å². The zero-order chi connectivity index (χ0) is 13.7. The van der Waals surface area contributed by atoms with Crippen LogP contribution >= 0.6 is 0 Å². The van der Waals surface area contributed by atoms with Crippen LogP contribution in [0.2, 0.25) is 0 Å². The molecule has 2 heteroatoms. The molecule has 1 heterocycles. The summed E-state index contributed by atoms with van der Waals surface area (Å²) < 4.78 is 0. The molecular formula is C17H25NO. The highest BCUT2D eigenvalue weighted by molar-refractivity contribution is 5.59. The summed E-state index contributed by atoms with van der Waals surface area (Å²) in [6.07, 6.45) is 4.44. The van der Waals surface area contributed by atoms with E-state index < -0.39 is 0 Å². The zero-order valence-corrected chi connectivity index (χ0v) is 12.1. The van der Waals surface area contributed by atoms with E-state index in [1.165, 1.54) is 12.0 Å². The van der Waals surface area contributed by atoms with E-state index >= 15 is 0 Å². The Kier molecular flexibility index (Phi) is 4.76. The van der Waals surface area contributed by atoms with Gasteiger partial charge in [-0.05, 0) is 30.9 Å². The lowest BCUT2D eigenvalue weighted by Crippen LogP contribution is -2.35. The minimum Gasteiger partial charge on any atom is -0.303 e. The van der Waals surface area contributed by atoms with Crippen molar-refractivity contribution in [2.75, 3.05) is 19.6 Å². The predicted octanol–water partition coefficient (Wildman–Crippen LogP) is 3.48. The standard InChI is InChI=1S/C17H25NO/c1-3-10-17(2,14-19)13-18-11-9-16(12-18)15-7-5-4-6-8-15/h4-8,14,16H,3,9-13H2,1-2H3. The topological polar surface area (TPSA) is 20.3 Å². The molecule has 0 N–H and O–H groups in total. The summed E-state index contributed by atoms with van der Waals surface area (Å²) in [7, 11) is 0. The fourth-order valence-electron chi connectivity index (χ4n) is 3.23. The highest BCUT2D eigenvalue weighted by atomic mass is 16.1. The highest BCUT2D eigenvalue weighted by Crippen LogP contribution is 2.30. The third-order valence-corrected chi connectivity index (χ3v) is 4.23. The molecule has 0 saturated carbocycles. The fraction of sp³-hybridized carbons (Fsp3) is 0.588. The second-order valence-corrected chi connectivity index (χ2v) is 6.15. The van der Waals surface area contributed by atoms with Crippen LogP contribution in [0.3, 0.4) is 0 Å².